The zero-order chi connectivity index (χ0) is 15.0. The van der Waals surface area contributed by atoms with Crippen molar-refractivity contribution in [3.05, 3.63) is 0 Å². The normalized spacial score (nSPS) is 35.2. The summed E-state index contributed by atoms with van der Waals surface area (Å²) in [7, 11) is 0. The van der Waals surface area contributed by atoms with E-state index in [2.05, 4.69) is 39.5 Å². The van der Waals surface area contributed by atoms with E-state index in [4.69, 9.17) is 10.5 Å². The van der Waals surface area contributed by atoms with Crippen LogP contribution >= 0.6 is 0 Å². The fraction of sp³-hybridized carbons (Fsp3) is 1.00. The van der Waals surface area contributed by atoms with E-state index in [-0.39, 0.29) is 11.0 Å². The maximum absolute atomic E-state index is 6.70. The molecule has 2 N–H and O–H groups in total. The molecule has 1 saturated heterocycles. The summed E-state index contributed by atoms with van der Waals surface area (Å²) in [5.41, 5.74) is 6.73. The number of nitrogens with two attached hydrogens (primary N) is 1. The van der Waals surface area contributed by atoms with E-state index in [1.165, 1.54) is 25.9 Å². The van der Waals surface area contributed by atoms with E-state index in [0.29, 0.717) is 6.10 Å². The largest absolute Gasteiger partial charge is 0.378 e. The summed E-state index contributed by atoms with van der Waals surface area (Å²) in [6, 6.07) is 0. The van der Waals surface area contributed by atoms with Crippen molar-refractivity contribution in [2.75, 3.05) is 26.2 Å². The molecule has 1 aliphatic carbocycles. The average Bonchev–Trinajstić information content (AvgIpc) is 2.39. The Morgan fingerprint density at radius 2 is 1.85 bits per heavy atom. The molecule has 3 nitrogen and oxygen atoms in total. The summed E-state index contributed by atoms with van der Waals surface area (Å²) in [4.78, 5) is 2.59. The molecule has 0 radical (unpaired) electrons. The lowest BCUT2D eigenvalue weighted by atomic mass is 9.54. The minimum Gasteiger partial charge on any atom is -0.378 e. The molecule has 20 heavy (non-hydrogen) atoms. The van der Waals surface area contributed by atoms with Gasteiger partial charge in [-0.2, -0.15) is 0 Å². The number of piperidine rings is 1. The lowest BCUT2D eigenvalue weighted by molar-refractivity contribution is -0.157. The van der Waals surface area contributed by atoms with E-state index in [1.807, 2.05) is 0 Å². The van der Waals surface area contributed by atoms with Crippen molar-refractivity contribution in [1.82, 2.24) is 4.90 Å². The van der Waals surface area contributed by atoms with Crippen LogP contribution in [0.5, 0.6) is 0 Å². The molecule has 3 heteroatoms. The summed E-state index contributed by atoms with van der Waals surface area (Å²) in [6.45, 7) is 15.6. The summed E-state index contributed by atoms with van der Waals surface area (Å²) in [6.07, 6.45) is 4.02. The van der Waals surface area contributed by atoms with Gasteiger partial charge in [-0.1, -0.05) is 27.7 Å². The summed E-state index contributed by atoms with van der Waals surface area (Å²) in [5, 5.41) is 0. The van der Waals surface area contributed by atoms with Gasteiger partial charge in [-0.25, -0.2) is 0 Å². The third-order valence-corrected chi connectivity index (χ3v) is 6.09. The Labute approximate surface area is 125 Å². The molecule has 0 spiro atoms. The highest BCUT2D eigenvalue weighted by molar-refractivity contribution is 5.14. The maximum atomic E-state index is 6.70. The van der Waals surface area contributed by atoms with Crippen LogP contribution in [0.3, 0.4) is 0 Å². The van der Waals surface area contributed by atoms with Gasteiger partial charge in [-0.3, -0.25) is 0 Å². The van der Waals surface area contributed by atoms with Crippen LogP contribution in [-0.2, 0) is 4.74 Å². The van der Waals surface area contributed by atoms with Crippen molar-refractivity contribution in [3.63, 3.8) is 0 Å². The van der Waals surface area contributed by atoms with Crippen molar-refractivity contribution >= 4 is 0 Å². The van der Waals surface area contributed by atoms with Crippen LogP contribution in [0.1, 0.15) is 53.9 Å². The van der Waals surface area contributed by atoms with Gasteiger partial charge >= 0.3 is 0 Å². The van der Waals surface area contributed by atoms with Gasteiger partial charge in [0.2, 0.25) is 0 Å². The monoisotopic (exact) mass is 282 g/mol. The second-order valence-electron chi connectivity index (χ2n) is 7.88. The first kappa shape index (κ1) is 16.3. The van der Waals surface area contributed by atoms with Crippen molar-refractivity contribution in [2.45, 2.75) is 65.5 Å². The Hall–Kier alpha value is -0.120. The number of hydrogen-bond donors (Lipinski definition) is 1. The van der Waals surface area contributed by atoms with Crippen LogP contribution in [0.2, 0.25) is 0 Å². The molecule has 2 unspecified atom stereocenters. The predicted molar refractivity (Wildman–Crippen MR) is 84.7 cm³/mol. The summed E-state index contributed by atoms with van der Waals surface area (Å²) >= 11 is 0. The third kappa shape index (κ3) is 2.90. The first-order valence-corrected chi connectivity index (χ1v) is 8.43. The molecule has 2 rings (SSSR count). The van der Waals surface area contributed by atoms with Gasteiger partial charge in [-0.05, 0) is 51.1 Å². The zero-order valence-corrected chi connectivity index (χ0v) is 14.1. The lowest BCUT2D eigenvalue weighted by Crippen LogP contribution is -2.73. The van der Waals surface area contributed by atoms with Crippen LogP contribution in [0.25, 0.3) is 0 Å². The molecule has 118 valence electrons. The van der Waals surface area contributed by atoms with E-state index < -0.39 is 0 Å². The van der Waals surface area contributed by atoms with Crippen molar-refractivity contribution in [2.24, 2.45) is 23.0 Å². The lowest BCUT2D eigenvalue weighted by Gasteiger charge is -2.60. The second kappa shape index (κ2) is 5.94. The summed E-state index contributed by atoms with van der Waals surface area (Å²) < 4.78 is 5.83. The van der Waals surface area contributed by atoms with E-state index in [9.17, 15) is 0 Å². The number of ether oxygens (including phenoxy) is 1. The van der Waals surface area contributed by atoms with Crippen molar-refractivity contribution in [3.8, 4) is 0 Å². The van der Waals surface area contributed by atoms with Gasteiger partial charge in [0.25, 0.3) is 0 Å². The first-order valence-electron chi connectivity index (χ1n) is 8.43. The molecule has 0 amide bonds. The SMILES string of the molecule is CCOC1CC(N)(CN2CCC(C(C)C)CC2)C1(C)C. The molecular formula is C17H34N2O. The highest BCUT2D eigenvalue weighted by Crippen LogP contribution is 2.50. The molecule has 0 aromatic rings. The topological polar surface area (TPSA) is 38.5 Å². The fourth-order valence-electron chi connectivity index (χ4n) is 3.95. The van der Waals surface area contributed by atoms with Crippen molar-refractivity contribution < 1.29 is 4.74 Å². The smallest absolute Gasteiger partial charge is 0.0662 e. The van der Waals surface area contributed by atoms with E-state index in [0.717, 1.165) is 31.4 Å². The molecule has 0 aromatic carbocycles. The van der Waals surface area contributed by atoms with Gasteiger partial charge in [-0.15, -0.1) is 0 Å². The van der Waals surface area contributed by atoms with Crippen LogP contribution in [0.15, 0.2) is 0 Å². The molecule has 1 aliphatic heterocycles. The second-order valence-corrected chi connectivity index (χ2v) is 7.88. The van der Waals surface area contributed by atoms with Crippen LogP contribution < -0.4 is 5.73 Å². The quantitative estimate of drug-likeness (QED) is 0.842. The average molecular weight is 282 g/mol. The van der Waals surface area contributed by atoms with Gasteiger partial charge < -0.3 is 15.4 Å². The Morgan fingerprint density at radius 3 is 2.30 bits per heavy atom. The Kier molecular flexibility index (Phi) is 4.83. The standard InChI is InChI=1S/C17H34N2O/c1-6-20-15-11-17(18,16(15,4)5)12-19-9-7-14(8-10-19)13(2)3/h13-15H,6-12,18H2,1-5H3. The Morgan fingerprint density at radius 1 is 1.25 bits per heavy atom. The highest BCUT2D eigenvalue weighted by Gasteiger charge is 2.58. The van der Waals surface area contributed by atoms with Gasteiger partial charge in [0.05, 0.1) is 6.10 Å². The molecule has 1 saturated carbocycles. The minimum absolute atomic E-state index is 0.0719. The predicted octanol–water partition coefficient (Wildman–Crippen LogP) is 2.89. The molecule has 0 aromatic heterocycles. The van der Waals surface area contributed by atoms with Crippen molar-refractivity contribution in [1.29, 1.82) is 0 Å². The summed E-state index contributed by atoms with van der Waals surface area (Å²) in [5.74, 6) is 1.73. The molecular weight excluding hydrogens is 248 g/mol. The number of rotatable bonds is 5. The minimum atomic E-state index is -0.0719. The maximum Gasteiger partial charge on any atom is 0.0662 e. The number of hydrogen-bond acceptors (Lipinski definition) is 3. The van der Waals surface area contributed by atoms with Gasteiger partial charge in [0.15, 0.2) is 0 Å². The Bertz CT molecular complexity index is 321. The molecule has 2 fully saturated rings. The van der Waals surface area contributed by atoms with E-state index >= 15 is 0 Å². The molecule has 1 heterocycles. The van der Waals surface area contributed by atoms with E-state index in [1.54, 1.807) is 0 Å². The van der Waals surface area contributed by atoms with Crippen LogP contribution in [-0.4, -0.2) is 42.8 Å². The zero-order valence-electron chi connectivity index (χ0n) is 14.1. The Balaban J connectivity index is 1.85. The highest BCUT2D eigenvalue weighted by atomic mass is 16.5. The number of nitrogens with zero attached hydrogens (tertiary/aromatic N) is 1. The van der Waals surface area contributed by atoms with Gasteiger partial charge in [0.1, 0.15) is 0 Å². The van der Waals surface area contributed by atoms with Crippen LogP contribution in [0.4, 0.5) is 0 Å². The molecule has 2 aliphatic rings. The molecule has 2 atom stereocenters. The first-order chi connectivity index (χ1) is 9.30. The third-order valence-electron chi connectivity index (χ3n) is 6.09. The van der Waals surface area contributed by atoms with Gasteiger partial charge in [0, 0.05) is 24.1 Å². The number of likely N-dealkylation sites (tertiary alicyclic amines) is 1. The molecule has 0 bridgehead atoms. The fourth-order valence-corrected chi connectivity index (χ4v) is 3.95. The van der Waals surface area contributed by atoms with Crippen LogP contribution in [0, 0.1) is 17.3 Å².